The quantitative estimate of drug-likeness (QED) is 0.712. The fourth-order valence-electron chi connectivity index (χ4n) is 1.30. The van der Waals surface area contributed by atoms with E-state index in [4.69, 9.17) is 14.6 Å². The Labute approximate surface area is 99.6 Å². The number of rotatable bonds is 7. The molecule has 0 aromatic carbocycles. The molecule has 0 radical (unpaired) electrons. The van der Waals surface area contributed by atoms with Gasteiger partial charge in [0, 0.05) is 25.9 Å². The van der Waals surface area contributed by atoms with Crippen LogP contribution >= 0.6 is 0 Å². The lowest BCUT2D eigenvalue weighted by Crippen LogP contribution is -2.39. The van der Waals surface area contributed by atoms with Gasteiger partial charge in [0.05, 0.1) is 13.7 Å². The number of nitrogens with zero attached hydrogens (tertiary/aromatic N) is 1. The molecule has 1 atom stereocenters. The van der Waals surface area contributed by atoms with Crippen LogP contribution in [-0.4, -0.2) is 42.9 Å². The maximum Gasteiger partial charge on any atom is 0.323 e. The standard InChI is InChI=1S/C11H16N2O4/c1-16-7-9(11(14)15)13-6-8-3-4-12-10(5-8)17-2/h3-5,9,13H,6-7H2,1-2H3,(H,14,15). The highest BCUT2D eigenvalue weighted by molar-refractivity contribution is 5.73. The van der Waals surface area contributed by atoms with Crippen LogP contribution in [0.4, 0.5) is 0 Å². The second kappa shape index (κ2) is 6.82. The topological polar surface area (TPSA) is 80.7 Å². The number of ether oxygens (including phenoxy) is 2. The summed E-state index contributed by atoms with van der Waals surface area (Å²) in [6, 6.07) is 2.82. The van der Waals surface area contributed by atoms with E-state index in [9.17, 15) is 4.79 Å². The summed E-state index contributed by atoms with van der Waals surface area (Å²) in [5.41, 5.74) is 0.902. The lowest BCUT2D eigenvalue weighted by Gasteiger charge is -2.13. The second-order valence-electron chi connectivity index (χ2n) is 3.43. The van der Waals surface area contributed by atoms with Gasteiger partial charge < -0.3 is 14.6 Å². The smallest absolute Gasteiger partial charge is 0.323 e. The monoisotopic (exact) mass is 240 g/mol. The number of hydrogen-bond acceptors (Lipinski definition) is 5. The summed E-state index contributed by atoms with van der Waals surface area (Å²) < 4.78 is 9.79. The fraction of sp³-hybridized carbons (Fsp3) is 0.455. The molecule has 0 aliphatic carbocycles. The summed E-state index contributed by atoms with van der Waals surface area (Å²) in [6.45, 7) is 0.538. The Morgan fingerprint density at radius 1 is 1.59 bits per heavy atom. The summed E-state index contributed by atoms with van der Waals surface area (Å²) in [4.78, 5) is 14.8. The Bertz CT molecular complexity index is 370. The van der Waals surface area contributed by atoms with Crippen molar-refractivity contribution in [1.82, 2.24) is 10.3 Å². The Morgan fingerprint density at radius 3 is 2.94 bits per heavy atom. The van der Waals surface area contributed by atoms with E-state index in [-0.39, 0.29) is 6.61 Å². The predicted molar refractivity (Wildman–Crippen MR) is 60.9 cm³/mol. The number of aliphatic carboxylic acids is 1. The molecule has 0 fully saturated rings. The Morgan fingerprint density at radius 2 is 2.35 bits per heavy atom. The molecule has 94 valence electrons. The first kappa shape index (κ1) is 13.4. The van der Waals surface area contributed by atoms with E-state index in [1.165, 1.54) is 14.2 Å². The van der Waals surface area contributed by atoms with Crippen molar-refractivity contribution in [3.8, 4) is 5.88 Å². The summed E-state index contributed by atoms with van der Waals surface area (Å²) in [5.74, 6) is -0.434. The molecule has 0 aliphatic rings. The molecule has 0 bridgehead atoms. The first-order valence-corrected chi connectivity index (χ1v) is 5.11. The molecule has 2 N–H and O–H groups in total. The van der Waals surface area contributed by atoms with Gasteiger partial charge in [0.1, 0.15) is 6.04 Å². The van der Waals surface area contributed by atoms with Gasteiger partial charge in [0.2, 0.25) is 5.88 Å². The molecule has 1 aromatic heterocycles. The van der Waals surface area contributed by atoms with Crippen LogP contribution in [-0.2, 0) is 16.1 Å². The predicted octanol–water partition coefficient (Wildman–Crippen LogP) is 0.279. The van der Waals surface area contributed by atoms with E-state index in [1.54, 1.807) is 18.3 Å². The van der Waals surface area contributed by atoms with Gasteiger partial charge in [-0.05, 0) is 11.6 Å². The SMILES string of the molecule is COCC(NCc1ccnc(OC)c1)C(=O)O. The fourth-order valence-corrected chi connectivity index (χ4v) is 1.30. The number of methoxy groups -OCH3 is 2. The highest BCUT2D eigenvalue weighted by atomic mass is 16.5. The van der Waals surface area contributed by atoms with Gasteiger partial charge in [-0.25, -0.2) is 4.98 Å². The van der Waals surface area contributed by atoms with Crippen LogP contribution in [0.25, 0.3) is 0 Å². The van der Waals surface area contributed by atoms with Crippen LogP contribution in [0.2, 0.25) is 0 Å². The average molecular weight is 240 g/mol. The van der Waals surface area contributed by atoms with Crippen LogP contribution in [0.15, 0.2) is 18.3 Å². The molecule has 0 aliphatic heterocycles. The van der Waals surface area contributed by atoms with E-state index in [1.807, 2.05) is 0 Å². The van der Waals surface area contributed by atoms with Gasteiger partial charge in [-0.1, -0.05) is 0 Å². The van der Waals surface area contributed by atoms with E-state index in [2.05, 4.69) is 10.3 Å². The van der Waals surface area contributed by atoms with Crippen molar-refractivity contribution >= 4 is 5.97 Å². The van der Waals surface area contributed by atoms with Crippen molar-refractivity contribution in [1.29, 1.82) is 0 Å². The van der Waals surface area contributed by atoms with Crippen molar-refractivity contribution in [2.45, 2.75) is 12.6 Å². The number of carboxylic acid groups (broad SMARTS) is 1. The molecule has 6 heteroatoms. The lowest BCUT2D eigenvalue weighted by molar-refractivity contribution is -0.140. The first-order valence-electron chi connectivity index (χ1n) is 5.11. The van der Waals surface area contributed by atoms with Gasteiger partial charge in [-0.15, -0.1) is 0 Å². The minimum Gasteiger partial charge on any atom is -0.481 e. The Balaban J connectivity index is 2.55. The second-order valence-corrected chi connectivity index (χ2v) is 3.43. The minimum atomic E-state index is -0.937. The summed E-state index contributed by atoms with van der Waals surface area (Å²) in [7, 11) is 3.00. The summed E-state index contributed by atoms with van der Waals surface area (Å²) in [5, 5.41) is 11.8. The number of carbonyl (C=O) groups is 1. The van der Waals surface area contributed by atoms with Crippen molar-refractivity contribution in [3.63, 3.8) is 0 Å². The summed E-state index contributed by atoms with van der Waals surface area (Å²) >= 11 is 0. The van der Waals surface area contributed by atoms with Crippen LogP contribution in [0, 0.1) is 0 Å². The molecule has 0 amide bonds. The van der Waals surface area contributed by atoms with Gasteiger partial charge in [-0.3, -0.25) is 10.1 Å². The van der Waals surface area contributed by atoms with Gasteiger partial charge in [-0.2, -0.15) is 0 Å². The summed E-state index contributed by atoms with van der Waals surface area (Å²) in [6.07, 6.45) is 1.61. The van der Waals surface area contributed by atoms with Crippen molar-refractivity contribution < 1.29 is 19.4 Å². The zero-order valence-electron chi connectivity index (χ0n) is 9.84. The first-order chi connectivity index (χ1) is 8.17. The molecule has 6 nitrogen and oxygen atoms in total. The highest BCUT2D eigenvalue weighted by Gasteiger charge is 2.16. The van der Waals surface area contributed by atoms with Crippen molar-refractivity contribution in [3.05, 3.63) is 23.9 Å². The zero-order chi connectivity index (χ0) is 12.7. The van der Waals surface area contributed by atoms with Crippen LogP contribution < -0.4 is 10.1 Å². The average Bonchev–Trinajstić information content (AvgIpc) is 2.34. The van der Waals surface area contributed by atoms with Crippen molar-refractivity contribution in [2.75, 3.05) is 20.8 Å². The number of carboxylic acids is 1. The molecule has 0 saturated carbocycles. The molecule has 1 aromatic rings. The Kier molecular flexibility index (Phi) is 5.38. The largest absolute Gasteiger partial charge is 0.481 e. The molecule has 0 spiro atoms. The third kappa shape index (κ3) is 4.38. The van der Waals surface area contributed by atoms with Crippen LogP contribution in [0.5, 0.6) is 5.88 Å². The lowest BCUT2D eigenvalue weighted by atomic mass is 10.2. The maximum atomic E-state index is 10.9. The minimum absolute atomic E-state index is 0.123. The molecular formula is C11H16N2O4. The van der Waals surface area contributed by atoms with E-state index < -0.39 is 12.0 Å². The molecule has 17 heavy (non-hydrogen) atoms. The number of hydrogen-bond donors (Lipinski definition) is 2. The van der Waals surface area contributed by atoms with Crippen LogP contribution in [0.3, 0.4) is 0 Å². The number of nitrogens with one attached hydrogen (secondary N) is 1. The van der Waals surface area contributed by atoms with Crippen molar-refractivity contribution in [2.24, 2.45) is 0 Å². The van der Waals surface area contributed by atoms with E-state index in [0.29, 0.717) is 12.4 Å². The van der Waals surface area contributed by atoms with E-state index >= 15 is 0 Å². The zero-order valence-corrected chi connectivity index (χ0v) is 9.84. The van der Waals surface area contributed by atoms with Gasteiger partial charge >= 0.3 is 5.97 Å². The molecule has 1 unspecified atom stereocenters. The normalized spacial score (nSPS) is 12.1. The molecule has 1 rings (SSSR count). The number of aromatic nitrogens is 1. The van der Waals surface area contributed by atoms with E-state index in [0.717, 1.165) is 5.56 Å². The van der Waals surface area contributed by atoms with Gasteiger partial charge in [0.25, 0.3) is 0 Å². The molecule has 1 heterocycles. The number of pyridine rings is 1. The molecular weight excluding hydrogens is 224 g/mol. The highest BCUT2D eigenvalue weighted by Crippen LogP contribution is 2.08. The maximum absolute atomic E-state index is 10.9. The third-order valence-corrected chi connectivity index (χ3v) is 2.19. The van der Waals surface area contributed by atoms with Crippen LogP contribution in [0.1, 0.15) is 5.56 Å². The Hall–Kier alpha value is -1.66. The third-order valence-electron chi connectivity index (χ3n) is 2.19. The molecule has 0 saturated heterocycles. The van der Waals surface area contributed by atoms with Gasteiger partial charge in [0.15, 0.2) is 0 Å².